The average Bonchev–Trinajstić information content (AvgIpc) is 3.58. The van der Waals surface area contributed by atoms with Gasteiger partial charge in [-0.1, -0.05) is 133 Å². The summed E-state index contributed by atoms with van der Waals surface area (Å²) in [6.07, 6.45) is 1.88. The molecule has 0 saturated carbocycles. The fraction of sp³-hybridized carbons (Fsp3) is 0.148. The number of rotatable bonds is 6. The van der Waals surface area contributed by atoms with E-state index < -0.39 is 5.82 Å². The van der Waals surface area contributed by atoms with Crippen molar-refractivity contribution >= 4 is 21.8 Å². The van der Waals surface area contributed by atoms with Crippen molar-refractivity contribution in [1.29, 1.82) is 0 Å². The van der Waals surface area contributed by atoms with E-state index in [9.17, 15) is 9.50 Å². The zero-order chi connectivity index (χ0) is 41.1. The van der Waals surface area contributed by atoms with Gasteiger partial charge in [0.1, 0.15) is 11.6 Å². The molecule has 0 aliphatic heterocycles. The molecular weight excluding hydrogens is 726 g/mol. The molecule has 9 rings (SSSR count). The van der Waals surface area contributed by atoms with E-state index in [2.05, 4.69) is 167 Å². The summed E-state index contributed by atoms with van der Waals surface area (Å²) >= 11 is 0. The van der Waals surface area contributed by atoms with E-state index in [-0.39, 0.29) is 16.6 Å². The van der Waals surface area contributed by atoms with E-state index in [1.54, 1.807) is 6.07 Å². The van der Waals surface area contributed by atoms with Gasteiger partial charge in [-0.15, -0.1) is 0 Å². The molecule has 6 aromatic carbocycles. The smallest absolute Gasteiger partial charge is 0.127 e. The first kappa shape index (κ1) is 37.7. The Morgan fingerprint density at radius 1 is 0.492 bits per heavy atom. The molecule has 4 nitrogen and oxygen atoms in total. The number of para-hydroxylation sites is 3. The number of phenols is 1. The lowest BCUT2D eigenvalue weighted by atomic mass is 9.79. The predicted octanol–water partition coefficient (Wildman–Crippen LogP) is 14.3. The van der Waals surface area contributed by atoms with Gasteiger partial charge in [-0.05, 0) is 99.3 Å². The maximum atomic E-state index is 14.2. The highest BCUT2D eigenvalue weighted by Crippen LogP contribution is 2.41. The van der Waals surface area contributed by atoms with Crippen LogP contribution in [0.2, 0.25) is 0 Å². The van der Waals surface area contributed by atoms with Gasteiger partial charge >= 0.3 is 0 Å². The molecule has 0 radical (unpaired) electrons. The molecule has 0 saturated heterocycles. The molecule has 290 valence electrons. The van der Waals surface area contributed by atoms with Crippen LogP contribution in [-0.4, -0.2) is 19.6 Å². The molecule has 3 aromatic heterocycles. The highest BCUT2D eigenvalue weighted by Gasteiger charge is 2.23. The predicted molar refractivity (Wildman–Crippen MR) is 243 cm³/mol. The van der Waals surface area contributed by atoms with E-state index in [0.717, 1.165) is 67.6 Å². The molecule has 0 unspecified atom stereocenters. The maximum absolute atomic E-state index is 14.2. The molecule has 0 fully saturated rings. The van der Waals surface area contributed by atoms with Gasteiger partial charge in [0.15, 0.2) is 0 Å². The first-order valence-corrected chi connectivity index (χ1v) is 20.1. The number of hydrogen-bond acceptors (Lipinski definition) is 3. The van der Waals surface area contributed by atoms with Crippen molar-refractivity contribution in [2.75, 3.05) is 0 Å². The zero-order valence-electron chi connectivity index (χ0n) is 34.3. The summed E-state index contributed by atoms with van der Waals surface area (Å²) in [7, 11) is 0. The van der Waals surface area contributed by atoms with E-state index in [1.165, 1.54) is 28.0 Å². The van der Waals surface area contributed by atoms with Gasteiger partial charge in [-0.3, -0.25) is 4.98 Å². The fourth-order valence-electron chi connectivity index (χ4n) is 8.06. The minimum atomic E-state index is -0.504. The maximum Gasteiger partial charge on any atom is 0.127 e. The standard InChI is InChI=1S/C54H46FN3O/c1-53(2,3)39-27-37(28-40(32-39)54(4,5)6)38-30-48(57-49(31-38)46-23-22-41(55)33-51(46)59)36-15-12-14-35(26-36)47-29-34(24-25-56-47)43-19-13-20-45-44-18-10-11-21-50(44)58(52(43)45)42-16-8-7-9-17-42/h7-33,59H,1-6H3. The van der Waals surface area contributed by atoms with Crippen molar-refractivity contribution in [1.82, 2.24) is 14.5 Å². The van der Waals surface area contributed by atoms with Gasteiger partial charge in [-0.25, -0.2) is 9.37 Å². The fourth-order valence-corrected chi connectivity index (χ4v) is 8.06. The molecule has 0 aliphatic rings. The molecular formula is C54H46FN3O. The summed E-state index contributed by atoms with van der Waals surface area (Å²) in [4.78, 5) is 10.0. The highest BCUT2D eigenvalue weighted by atomic mass is 19.1. The first-order chi connectivity index (χ1) is 28.3. The number of nitrogens with zero attached hydrogens (tertiary/aromatic N) is 3. The highest BCUT2D eigenvalue weighted by molar-refractivity contribution is 6.13. The third-order valence-corrected chi connectivity index (χ3v) is 11.3. The van der Waals surface area contributed by atoms with Crippen LogP contribution in [0.1, 0.15) is 52.7 Å². The number of pyridine rings is 2. The Morgan fingerprint density at radius 2 is 1.12 bits per heavy atom. The lowest BCUT2D eigenvalue weighted by molar-refractivity contribution is 0.471. The number of benzene rings is 6. The first-order valence-electron chi connectivity index (χ1n) is 20.1. The Hall–Kier alpha value is -6.85. The van der Waals surface area contributed by atoms with Crippen LogP contribution in [0.15, 0.2) is 164 Å². The Morgan fingerprint density at radius 3 is 1.85 bits per heavy atom. The van der Waals surface area contributed by atoms with Crippen LogP contribution in [-0.2, 0) is 10.8 Å². The second-order valence-corrected chi connectivity index (χ2v) is 17.5. The molecule has 1 N–H and O–H groups in total. The third-order valence-electron chi connectivity index (χ3n) is 11.3. The van der Waals surface area contributed by atoms with E-state index in [4.69, 9.17) is 9.97 Å². The van der Waals surface area contributed by atoms with Gasteiger partial charge in [-0.2, -0.15) is 0 Å². The number of aromatic nitrogens is 3. The van der Waals surface area contributed by atoms with E-state index in [0.29, 0.717) is 11.3 Å². The van der Waals surface area contributed by atoms with Gasteiger partial charge in [0.05, 0.1) is 28.1 Å². The third kappa shape index (κ3) is 7.18. The van der Waals surface area contributed by atoms with Gasteiger partial charge in [0, 0.05) is 51.0 Å². The van der Waals surface area contributed by atoms with Crippen LogP contribution in [0.3, 0.4) is 0 Å². The minimum Gasteiger partial charge on any atom is -0.507 e. The van der Waals surface area contributed by atoms with Crippen LogP contribution in [0.25, 0.3) is 83.5 Å². The molecule has 59 heavy (non-hydrogen) atoms. The Labute approximate surface area is 345 Å². The number of hydrogen-bond donors (Lipinski definition) is 1. The van der Waals surface area contributed by atoms with E-state index in [1.807, 2.05) is 24.4 Å². The SMILES string of the molecule is CC(C)(C)c1cc(-c2cc(-c3cccc(-c4cc(-c5cccc6c7ccccc7n(-c7ccccc7)c56)ccn4)c3)nc(-c3ccc(F)cc3O)c2)cc(C(C)(C)C)c1. The van der Waals surface area contributed by atoms with E-state index >= 15 is 0 Å². The monoisotopic (exact) mass is 771 g/mol. The van der Waals surface area contributed by atoms with Crippen LogP contribution in [0.5, 0.6) is 5.75 Å². The number of aromatic hydroxyl groups is 1. The summed E-state index contributed by atoms with van der Waals surface area (Å²) in [6, 6.07) is 53.2. The number of phenolic OH excluding ortho intramolecular Hbond substituents is 1. The van der Waals surface area contributed by atoms with Gasteiger partial charge < -0.3 is 9.67 Å². The Balaban J connectivity index is 1.19. The second kappa shape index (κ2) is 14.5. The van der Waals surface area contributed by atoms with Crippen LogP contribution >= 0.6 is 0 Å². The normalized spacial score (nSPS) is 12.1. The second-order valence-electron chi connectivity index (χ2n) is 17.5. The van der Waals surface area contributed by atoms with Crippen molar-refractivity contribution in [3.8, 4) is 67.5 Å². The summed E-state index contributed by atoms with van der Waals surface area (Å²) < 4.78 is 16.6. The summed E-state index contributed by atoms with van der Waals surface area (Å²) in [5.41, 5.74) is 14.3. The molecule has 5 heteroatoms. The lowest BCUT2D eigenvalue weighted by Crippen LogP contribution is -2.16. The quantitative estimate of drug-likeness (QED) is 0.183. The van der Waals surface area contributed by atoms with Crippen molar-refractivity contribution in [3.63, 3.8) is 0 Å². The van der Waals surface area contributed by atoms with Crippen LogP contribution < -0.4 is 0 Å². The lowest BCUT2D eigenvalue weighted by Gasteiger charge is -2.26. The van der Waals surface area contributed by atoms with Crippen LogP contribution in [0.4, 0.5) is 4.39 Å². The molecule has 0 bridgehead atoms. The average molecular weight is 772 g/mol. The molecule has 0 spiro atoms. The summed E-state index contributed by atoms with van der Waals surface area (Å²) in [6.45, 7) is 13.4. The molecule has 9 aromatic rings. The van der Waals surface area contributed by atoms with Gasteiger partial charge in [0.25, 0.3) is 0 Å². The molecule has 0 atom stereocenters. The largest absolute Gasteiger partial charge is 0.507 e. The number of fused-ring (bicyclic) bond motifs is 3. The van der Waals surface area contributed by atoms with Crippen molar-refractivity contribution in [2.24, 2.45) is 0 Å². The summed E-state index contributed by atoms with van der Waals surface area (Å²) in [5, 5.41) is 13.4. The van der Waals surface area contributed by atoms with Crippen molar-refractivity contribution in [3.05, 3.63) is 181 Å². The minimum absolute atomic E-state index is 0.0799. The van der Waals surface area contributed by atoms with Crippen molar-refractivity contribution in [2.45, 2.75) is 52.4 Å². The Kier molecular flexibility index (Phi) is 9.28. The zero-order valence-corrected chi connectivity index (χ0v) is 34.3. The molecule has 0 amide bonds. The summed E-state index contributed by atoms with van der Waals surface area (Å²) in [5.74, 6) is -0.661. The van der Waals surface area contributed by atoms with Crippen molar-refractivity contribution < 1.29 is 9.50 Å². The molecule has 3 heterocycles. The number of halogens is 1. The topological polar surface area (TPSA) is 50.9 Å². The molecule has 0 aliphatic carbocycles. The Bertz CT molecular complexity index is 3010. The van der Waals surface area contributed by atoms with Gasteiger partial charge in [0.2, 0.25) is 0 Å². The van der Waals surface area contributed by atoms with Crippen LogP contribution in [0, 0.1) is 5.82 Å².